The van der Waals surface area contributed by atoms with Gasteiger partial charge >= 0.3 is 5.97 Å². The lowest BCUT2D eigenvalue weighted by Gasteiger charge is -2.07. The molecule has 0 atom stereocenters. The molecule has 1 heterocycles. The molecule has 0 aliphatic carbocycles. The summed E-state index contributed by atoms with van der Waals surface area (Å²) in [5, 5.41) is 5.56. The Bertz CT molecular complexity index is 1040. The fourth-order valence-corrected chi connectivity index (χ4v) is 3.95. The molecule has 0 saturated carbocycles. The van der Waals surface area contributed by atoms with Crippen molar-refractivity contribution in [3.8, 4) is 11.1 Å². The smallest absolute Gasteiger partial charge is 0.341 e. The molecule has 0 radical (unpaired) electrons. The molecule has 0 aliphatic rings. The van der Waals surface area contributed by atoms with Crippen molar-refractivity contribution >= 4 is 61.8 Å². The number of anilines is 1. The molecule has 0 unspecified atom stereocenters. The number of carbonyl (C=O) groups is 2. The van der Waals surface area contributed by atoms with E-state index in [4.69, 9.17) is 16.3 Å². The third kappa shape index (κ3) is 4.70. The zero-order valence-electron chi connectivity index (χ0n) is 14.7. The Kier molecular flexibility index (Phi) is 6.67. The minimum Gasteiger partial charge on any atom is -0.465 e. The average Bonchev–Trinajstić information content (AvgIpc) is 3.10. The molecule has 2 aromatic carbocycles. The molecule has 0 bridgehead atoms. The lowest BCUT2D eigenvalue weighted by Crippen LogP contribution is -2.11. The molecular weight excluding hydrogens is 462 g/mol. The van der Waals surface area contributed by atoms with Gasteiger partial charge in [0, 0.05) is 26.5 Å². The molecule has 1 aromatic heterocycles. The van der Waals surface area contributed by atoms with E-state index in [-0.39, 0.29) is 5.91 Å². The van der Waals surface area contributed by atoms with E-state index in [1.165, 1.54) is 24.5 Å². The number of esters is 1. The molecule has 28 heavy (non-hydrogen) atoms. The number of halogens is 2. The molecule has 0 aliphatic heterocycles. The minimum absolute atomic E-state index is 0.328. The molecule has 3 aromatic rings. The van der Waals surface area contributed by atoms with Crippen LogP contribution < -0.4 is 5.32 Å². The summed E-state index contributed by atoms with van der Waals surface area (Å²) in [5.74, 6) is -0.876. The van der Waals surface area contributed by atoms with Crippen LogP contribution in [0.15, 0.2) is 64.5 Å². The summed E-state index contributed by atoms with van der Waals surface area (Å²) in [6, 6.07) is 14.8. The summed E-state index contributed by atoms with van der Waals surface area (Å²) in [6.07, 6.45) is 3.00. The van der Waals surface area contributed by atoms with Gasteiger partial charge in [0.1, 0.15) is 10.6 Å². The topological polar surface area (TPSA) is 55.4 Å². The van der Waals surface area contributed by atoms with Crippen LogP contribution in [-0.4, -0.2) is 19.0 Å². The van der Waals surface area contributed by atoms with E-state index in [2.05, 4.69) is 21.2 Å². The molecule has 7 heteroatoms. The van der Waals surface area contributed by atoms with Gasteiger partial charge in [-0.15, -0.1) is 11.3 Å². The van der Waals surface area contributed by atoms with Gasteiger partial charge in [-0.25, -0.2) is 4.79 Å². The van der Waals surface area contributed by atoms with Crippen LogP contribution in [0.3, 0.4) is 0 Å². The number of ether oxygens (including phenoxy) is 1. The summed E-state index contributed by atoms with van der Waals surface area (Å²) in [7, 11) is 1.31. The summed E-state index contributed by atoms with van der Waals surface area (Å²) < 4.78 is 5.85. The quantitative estimate of drug-likeness (QED) is 0.349. The van der Waals surface area contributed by atoms with Crippen LogP contribution >= 0.6 is 38.9 Å². The first-order valence-electron chi connectivity index (χ1n) is 8.19. The normalized spacial score (nSPS) is 10.8. The fraction of sp³-hybridized carbons (Fsp3) is 0.0476. The van der Waals surface area contributed by atoms with E-state index < -0.39 is 5.97 Å². The Hall–Kier alpha value is -2.41. The molecule has 1 amide bonds. The maximum atomic E-state index is 12.4. The number of benzene rings is 2. The number of carbonyl (C=O) groups excluding carboxylic acids is 2. The SMILES string of the molecule is COC(=O)c1c(-c2ccc(Br)cc2)csc1NC(=O)C=Cc1ccccc1Cl. The number of hydrogen-bond donors (Lipinski definition) is 1. The van der Waals surface area contributed by atoms with Gasteiger partial charge in [-0.1, -0.05) is 57.9 Å². The zero-order valence-corrected chi connectivity index (χ0v) is 17.9. The summed E-state index contributed by atoms with van der Waals surface area (Å²) in [6.45, 7) is 0. The number of rotatable bonds is 5. The van der Waals surface area contributed by atoms with Crippen LogP contribution in [0.2, 0.25) is 5.02 Å². The average molecular weight is 477 g/mol. The second-order valence-electron chi connectivity index (χ2n) is 5.70. The number of nitrogens with one attached hydrogen (secondary N) is 1. The number of hydrogen-bond acceptors (Lipinski definition) is 4. The highest BCUT2D eigenvalue weighted by molar-refractivity contribution is 9.10. The molecule has 1 N–H and O–H groups in total. The first-order valence-corrected chi connectivity index (χ1v) is 10.2. The van der Waals surface area contributed by atoms with Gasteiger partial charge < -0.3 is 10.1 Å². The van der Waals surface area contributed by atoms with Crippen molar-refractivity contribution in [1.29, 1.82) is 0 Å². The van der Waals surface area contributed by atoms with Crippen molar-refractivity contribution in [3.63, 3.8) is 0 Å². The lowest BCUT2D eigenvalue weighted by atomic mass is 10.0. The number of amides is 1. The molecule has 0 spiro atoms. The van der Waals surface area contributed by atoms with Crippen LogP contribution in [-0.2, 0) is 9.53 Å². The maximum absolute atomic E-state index is 12.4. The maximum Gasteiger partial charge on any atom is 0.341 e. The van der Waals surface area contributed by atoms with Gasteiger partial charge in [-0.3, -0.25) is 4.79 Å². The van der Waals surface area contributed by atoms with E-state index in [9.17, 15) is 9.59 Å². The predicted octanol–water partition coefficient (Wildman–Crippen LogP) is 6.27. The second kappa shape index (κ2) is 9.19. The molecule has 3 rings (SSSR count). The van der Waals surface area contributed by atoms with Gasteiger partial charge in [0.2, 0.25) is 5.91 Å². The van der Waals surface area contributed by atoms with Crippen molar-refractivity contribution in [3.05, 3.63) is 80.6 Å². The fourth-order valence-electron chi connectivity index (χ4n) is 2.53. The minimum atomic E-state index is -0.510. The van der Waals surface area contributed by atoms with E-state index in [1.807, 2.05) is 47.8 Å². The Balaban J connectivity index is 1.87. The van der Waals surface area contributed by atoms with Crippen molar-refractivity contribution in [1.82, 2.24) is 0 Å². The second-order valence-corrected chi connectivity index (χ2v) is 7.90. The van der Waals surface area contributed by atoms with E-state index >= 15 is 0 Å². The molecular formula is C21H15BrClNO3S. The van der Waals surface area contributed by atoms with E-state index in [0.29, 0.717) is 21.2 Å². The van der Waals surface area contributed by atoms with Crippen LogP contribution in [0.5, 0.6) is 0 Å². The van der Waals surface area contributed by atoms with Crippen LogP contribution in [0.1, 0.15) is 15.9 Å². The third-order valence-corrected chi connectivity index (χ3v) is 5.66. The number of methoxy groups -OCH3 is 1. The van der Waals surface area contributed by atoms with Crippen LogP contribution in [0.25, 0.3) is 17.2 Å². The summed E-state index contributed by atoms with van der Waals surface area (Å²) in [4.78, 5) is 24.7. The van der Waals surface area contributed by atoms with Crippen molar-refractivity contribution in [2.75, 3.05) is 12.4 Å². The first kappa shape index (κ1) is 20.3. The highest BCUT2D eigenvalue weighted by atomic mass is 79.9. The Morgan fingerprint density at radius 3 is 2.54 bits per heavy atom. The highest BCUT2D eigenvalue weighted by Crippen LogP contribution is 2.36. The molecule has 0 saturated heterocycles. The molecule has 142 valence electrons. The van der Waals surface area contributed by atoms with E-state index in [1.54, 1.807) is 12.1 Å². The van der Waals surface area contributed by atoms with Crippen molar-refractivity contribution in [2.24, 2.45) is 0 Å². The van der Waals surface area contributed by atoms with E-state index in [0.717, 1.165) is 15.6 Å². The lowest BCUT2D eigenvalue weighted by molar-refractivity contribution is -0.111. The van der Waals surface area contributed by atoms with Gasteiger partial charge in [0.15, 0.2) is 0 Å². The number of thiophene rings is 1. The largest absolute Gasteiger partial charge is 0.465 e. The standard InChI is InChI=1S/C21H15BrClNO3S/c1-27-21(26)19-16(13-6-9-15(22)10-7-13)12-28-20(19)24-18(25)11-8-14-4-2-3-5-17(14)23/h2-12H,1H3,(H,24,25). The third-order valence-electron chi connectivity index (χ3n) is 3.89. The van der Waals surface area contributed by atoms with Crippen LogP contribution in [0.4, 0.5) is 5.00 Å². The van der Waals surface area contributed by atoms with Crippen molar-refractivity contribution in [2.45, 2.75) is 0 Å². The Morgan fingerprint density at radius 2 is 1.86 bits per heavy atom. The first-order chi connectivity index (χ1) is 13.5. The van der Waals surface area contributed by atoms with Gasteiger partial charge in [-0.05, 0) is 35.4 Å². The van der Waals surface area contributed by atoms with Crippen molar-refractivity contribution < 1.29 is 14.3 Å². The Labute approximate surface area is 179 Å². The highest BCUT2D eigenvalue weighted by Gasteiger charge is 2.21. The van der Waals surface area contributed by atoms with Crippen LogP contribution in [0, 0.1) is 0 Å². The monoisotopic (exact) mass is 475 g/mol. The predicted molar refractivity (Wildman–Crippen MR) is 118 cm³/mol. The van der Waals surface area contributed by atoms with Gasteiger partial charge in [0.05, 0.1) is 7.11 Å². The summed E-state index contributed by atoms with van der Waals surface area (Å²) in [5.41, 5.74) is 2.62. The summed E-state index contributed by atoms with van der Waals surface area (Å²) >= 11 is 10.8. The Morgan fingerprint density at radius 1 is 1.14 bits per heavy atom. The van der Waals surface area contributed by atoms with Gasteiger partial charge in [0.25, 0.3) is 0 Å². The molecule has 0 fully saturated rings. The molecule has 4 nitrogen and oxygen atoms in total. The zero-order chi connectivity index (χ0) is 20.1. The van der Waals surface area contributed by atoms with Gasteiger partial charge in [-0.2, -0.15) is 0 Å².